The van der Waals surface area contributed by atoms with Gasteiger partial charge in [0.15, 0.2) is 0 Å². The van der Waals surface area contributed by atoms with E-state index in [0.29, 0.717) is 39.2 Å². The largest absolute Gasteiger partial charge is 0.369 e. The molecule has 0 aromatic carbocycles. The Hall–Kier alpha value is -1.83. The van der Waals surface area contributed by atoms with Gasteiger partial charge in [0.05, 0.1) is 21.3 Å². The lowest BCUT2D eigenvalue weighted by molar-refractivity contribution is 1.16. The van der Waals surface area contributed by atoms with Crippen LogP contribution in [0.3, 0.4) is 0 Å². The number of pyridine rings is 2. The molecule has 6 heteroatoms. The van der Waals surface area contributed by atoms with Crippen LogP contribution in [0.4, 0.5) is 5.82 Å². The van der Waals surface area contributed by atoms with E-state index < -0.39 is 0 Å². The first-order valence-electron chi connectivity index (χ1n) is 5.61. The van der Waals surface area contributed by atoms with Crippen LogP contribution < -0.4 is 5.32 Å². The second kappa shape index (κ2) is 5.87. The molecular formula is C13H10Cl2N4. The van der Waals surface area contributed by atoms with Crippen molar-refractivity contribution in [1.29, 1.82) is 5.26 Å². The van der Waals surface area contributed by atoms with E-state index in [1.807, 2.05) is 13.0 Å². The first-order chi connectivity index (χ1) is 9.15. The van der Waals surface area contributed by atoms with Crippen LogP contribution in [0.25, 0.3) is 11.3 Å². The van der Waals surface area contributed by atoms with E-state index >= 15 is 0 Å². The summed E-state index contributed by atoms with van der Waals surface area (Å²) in [4.78, 5) is 8.38. The molecule has 0 aliphatic rings. The summed E-state index contributed by atoms with van der Waals surface area (Å²) >= 11 is 12.2. The molecule has 2 aromatic rings. The van der Waals surface area contributed by atoms with E-state index in [9.17, 15) is 0 Å². The van der Waals surface area contributed by atoms with Gasteiger partial charge >= 0.3 is 0 Å². The van der Waals surface area contributed by atoms with Crippen molar-refractivity contribution in [2.24, 2.45) is 0 Å². The molecule has 0 saturated carbocycles. The number of anilines is 1. The Bertz CT molecular complexity index is 650. The molecule has 2 heterocycles. The molecule has 0 aliphatic heterocycles. The third-order valence-electron chi connectivity index (χ3n) is 2.41. The van der Waals surface area contributed by atoms with Crippen molar-refractivity contribution >= 4 is 29.0 Å². The summed E-state index contributed by atoms with van der Waals surface area (Å²) in [6.07, 6.45) is 3.09. The molecule has 96 valence electrons. The van der Waals surface area contributed by atoms with Crippen LogP contribution in [-0.4, -0.2) is 16.5 Å². The Morgan fingerprint density at radius 2 is 2.05 bits per heavy atom. The molecule has 0 aliphatic carbocycles. The molecule has 0 amide bonds. The second-order valence-corrected chi connectivity index (χ2v) is 4.57. The van der Waals surface area contributed by atoms with Crippen LogP contribution in [0.1, 0.15) is 12.5 Å². The Morgan fingerprint density at radius 3 is 2.74 bits per heavy atom. The van der Waals surface area contributed by atoms with Gasteiger partial charge in [-0.05, 0) is 19.1 Å². The first-order valence-corrected chi connectivity index (χ1v) is 6.36. The van der Waals surface area contributed by atoms with Crippen molar-refractivity contribution in [3.8, 4) is 17.3 Å². The SMILES string of the molecule is CCNc1nc(-c2cncc(C#N)c2)c(Cl)cc1Cl. The van der Waals surface area contributed by atoms with Crippen LogP contribution >= 0.6 is 23.2 Å². The molecule has 19 heavy (non-hydrogen) atoms. The Labute approximate surface area is 121 Å². The lowest BCUT2D eigenvalue weighted by Crippen LogP contribution is -2.01. The fourth-order valence-corrected chi connectivity index (χ4v) is 2.13. The molecule has 1 N–H and O–H groups in total. The minimum atomic E-state index is 0.420. The lowest BCUT2D eigenvalue weighted by Gasteiger charge is -2.09. The summed E-state index contributed by atoms with van der Waals surface area (Å²) in [5.41, 5.74) is 1.68. The van der Waals surface area contributed by atoms with Crippen LogP contribution in [0, 0.1) is 11.3 Å². The normalized spacial score (nSPS) is 10.0. The fourth-order valence-electron chi connectivity index (χ4n) is 1.59. The first kappa shape index (κ1) is 13.6. The standard InChI is InChI=1S/C13H10Cl2N4/c1-2-18-13-11(15)4-10(14)12(19-13)9-3-8(5-16)6-17-7-9/h3-4,6-7H,2H2,1H3,(H,18,19). The van der Waals surface area contributed by atoms with Gasteiger partial charge in [-0.1, -0.05) is 23.2 Å². The van der Waals surface area contributed by atoms with Gasteiger partial charge in [0.25, 0.3) is 0 Å². The number of nitrogens with zero attached hydrogens (tertiary/aromatic N) is 3. The maximum Gasteiger partial charge on any atom is 0.145 e. The van der Waals surface area contributed by atoms with E-state index in [0.717, 1.165) is 0 Å². The summed E-state index contributed by atoms with van der Waals surface area (Å²) in [6, 6.07) is 5.35. The van der Waals surface area contributed by atoms with Gasteiger partial charge in [0, 0.05) is 24.5 Å². The smallest absolute Gasteiger partial charge is 0.145 e. The molecular weight excluding hydrogens is 283 g/mol. The summed E-state index contributed by atoms with van der Waals surface area (Å²) in [5.74, 6) is 0.561. The fraction of sp³-hybridized carbons (Fsp3) is 0.154. The maximum atomic E-state index is 8.88. The van der Waals surface area contributed by atoms with Gasteiger partial charge in [0.2, 0.25) is 0 Å². The number of nitriles is 1. The molecule has 0 atom stereocenters. The average molecular weight is 293 g/mol. The van der Waals surface area contributed by atoms with Crippen molar-refractivity contribution in [2.45, 2.75) is 6.92 Å². The topological polar surface area (TPSA) is 61.6 Å². The van der Waals surface area contributed by atoms with Crippen molar-refractivity contribution in [3.63, 3.8) is 0 Å². The summed E-state index contributed by atoms with van der Waals surface area (Å²) in [5, 5.41) is 12.8. The van der Waals surface area contributed by atoms with Gasteiger partial charge in [-0.25, -0.2) is 4.98 Å². The Kier molecular flexibility index (Phi) is 4.20. The van der Waals surface area contributed by atoms with Gasteiger partial charge in [-0.3, -0.25) is 4.98 Å². The van der Waals surface area contributed by atoms with Crippen molar-refractivity contribution in [1.82, 2.24) is 9.97 Å². The van der Waals surface area contributed by atoms with E-state index in [1.54, 1.807) is 18.3 Å². The highest BCUT2D eigenvalue weighted by Crippen LogP contribution is 2.32. The quantitative estimate of drug-likeness (QED) is 0.936. The number of halogens is 2. The van der Waals surface area contributed by atoms with Crippen LogP contribution in [0.15, 0.2) is 24.5 Å². The van der Waals surface area contributed by atoms with Crippen molar-refractivity contribution < 1.29 is 0 Å². The minimum absolute atomic E-state index is 0.420. The molecule has 0 fully saturated rings. The highest BCUT2D eigenvalue weighted by Gasteiger charge is 2.11. The van der Waals surface area contributed by atoms with E-state index in [1.165, 1.54) is 6.20 Å². The van der Waals surface area contributed by atoms with Gasteiger partial charge < -0.3 is 5.32 Å². The zero-order valence-corrected chi connectivity index (χ0v) is 11.6. The number of aromatic nitrogens is 2. The highest BCUT2D eigenvalue weighted by atomic mass is 35.5. The zero-order valence-electron chi connectivity index (χ0n) is 10.1. The van der Waals surface area contributed by atoms with Gasteiger partial charge in [0.1, 0.15) is 11.9 Å². The summed E-state index contributed by atoms with van der Waals surface area (Å²) in [7, 11) is 0. The molecule has 0 unspecified atom stereocenters. The third kappa shape index (κ3) is 2.95. The van der Waals surface area contributed by atoms with E-state index in [4.69, 9.17) is 28.5 Å². The van der Waals surface area contributed by atoms with E-state index in [2.05, 4.69) is 15.3 Å². The van der Waals surface area contributed by atoms with Crippen molar-refractivity contribution in [3.05, 3.63) is 40.1 Å². The predicted octanol–water partition coefficient (Wildman–Crippen LogP) is 3.75. The summed E-state index contributed by atoms with van der Waals surface area (Å²) < 4.78 is 0. The molecule has 0 radical (unpaired) electrons. The Morgan fingerprint density at radius 1 is 1.26 bits per heavy atom. The Balaban J connectivity index is 2.55. The lowest BCUT2D eigenvalue weighted by atomic mass is 10.1. The zero-order chi connectivity index (χ0) is 13.8. The third-order valence-corrected chi connectivity index (χ3v) is 2.99. The van der Waals surface area contributed by atoms with E-state index in [-0.39, 0.29) is 0 Å². The average Bonchev–Trinajstić information content (AvgIpc) is 2.42. The highest BCUT2D eigenvalue weighted by molar-refractivity contribution is 6.37. The number of hydrogen-bond donors (Lipinski definition) is 1. The number of hydrogen-bond acceptors (Lipinski definition) is 4. The molecule has 2 rings (SSSR count). The van der Waals surface area contributed by atoms with Gasteiger partial charge in [-0.2, -0.15) is 5.26 Å². The van der Waals surface area contributed by atoms with Crippen molar-refractivity contribution in [2.75, 3.05) is 11.9 Å². The molecule has 0 spiro atoms. The monoisotopic (exact) mass is 292 g/mol. The number of nitrogens with one attached hydrogen (secondary N) is 1. The van der Waals surface area contributed by atoms with Crippen LogP contribution in [0.5, 0.6) is 0 Å². The minimum Gasteiger partial charge on any atom is -0.369 e. The molecule has 0 saturated heterocycles. The predicted molar refractivity (Wildman–Crippen MR) is 76.4 cm³/mol. The molecule has 0 bridgehead atoms. The van der Waals surface area contributed by atoms with Crippen LogP contribution in [-0.2, 0) is 0 Å². The van der Waals surface area contributed by atoms with Crippen LogP contribution in [0.2, 0.25) is 10.0 Å². The molecule has 4 nitrogen and oxygen atoms in total. The number of rotatable bonds is 3. The van der Waals surface area contributed by atoms with Gasteiger partial charge in [-0.15, -0.1) is 0 Å². The second-order valence-electron chi connectivity index (χ2n) is 3.75. The maximum absolute atomic E-state index is 8.88. The summed E-state index contributed by atoms with van der Waals surface area (Å²) in [6.45, 7) is 2.65. The molecule has 2 aromatic heterocycles.